The van der Waals surface area contributed by atoms with Crippen molar-refractivity contribution in [2.45, 2.75) is 13.8 Å². The summed E-state index contributed by atoms with van der Waals surface area (Å²) in [5.41, 5.74) is 20.5. The summed E-state index contributed by atoms with van der Waals surface area (Å²) >= 11 is 1.73. The third-order valence-electron chi connectivity index (χ3n) is 15.8. The van der Waals surface area contributed by atoms with E-state index in [0.29, 0.717) is 5.89 Å². The Morgan fingerprint density at radius 2 is 0.697 bits per heavy atom. The molecule has 0 atom stereocenters. The summed E-state index contributed by atoms with van der Waals surface area (Å²) in [6, 6.07) is 121. The van der Waals surface area contributed by atoms with Crippen LogP contribution in [0.1, 0.15) is 11.4 Å². The Kier molecular flexibility index (Phi) is 27.0. The van der Waals surface area contributed by atoms with Crippen molar-refractivity contribution in [3.63, 3.8) is 0 Å². The van der Waals surface area contributed by atoms with Gasteiger partial charge in [-0.25, -0.2) is 0 Å². The minimum atomic E-state index is 0. The number of hydrogen-bond acceptors (Lipinski definition) is 8. The first-order valence-electron chi connectivity index (χ1n) is 31.2. The average molecular weight is 2010 g/mol. The SMILES string of the molecule is Cc1nc(-c2[c-]cccc2)oc1-c1ccc(-c2ccccc2)cc1.Cc1nc(-c2[c-]cccc2)sc1-c1ccc(-c2ccccc2)cc1.Cn1c(-c2[c-]cccc2)nnc1-c1ccc(-c2ccccc2)cc1.[Ir].[Ir].[Ir].[Ir].[c-]1ccccc1-c1cc(-c2ccc(-c3ccccc3)cc2)on1. The Balaban J connectivity index is 0.000000152. The average Bonchev–Trinajstić information content (AvgIpc) is 1.72. The molecule has 0 aliphatic carbocycles. The molecule has 12 aromatic carbocycles. The largest absolute Gasteiger partial charge is 0.481 e. The fourth-order valence-corrected chi connectivity index (χ4v) is 11.9. The van der Waals surface area contributed by atoms with Gasteiger partial charge in [0.15, 0.2) is 11.6 Å². The van der Waals surface area contributed by atoms with E-state index < -0.39 is 0 Å². The number of aromatic nitrogens is 6. The summed E-state index contributed by atoms with van der Waals surface area (Å²) in [6.07, 6.45) is 0. The van der Waals surface area contributed by atoms with E-state index in [4.69, 9.17) is 13.9 Å². The van der Waals surface area contributed by atoms with Crippen molar-refractivity contribution in [1.82, 2.24) is 29.9 Å². The topological polar surface area (TPSA) is 95.7 Å². The van der Waals surface area contributed by atoms with Gasteiger partial charge in [-0.2, -0.15) is 16.4 Å². The second-order valence-corrected chi connectivity index (χ2v) is 23.2. The first-order chi connectivity index (χ1) is 46.8. The molecule has 0 saturated heterocycles. The van der Waals surface area contributed by atoms with Crippen LogP contribution >= 0.6 is 11.3 Å². The first-order valence-corrected chi connectivity index (χ1v) is 32.0. The summed E-state index contributed by atoms with van der Waals surface area (Å²) in [5, 5.41) is 13.8. The van der Waals surface area contributed by atoms with Gasteiger partial charge < -0.3 is 13.5 Å². The van der Waals surface area contributed by atoms with Crippen molar-refractivity contribution < 1.29 is 89.4 Å². The second kappa shape index (κ2) is 36.3. The minimum absolute atomic E-state index is 0. The van der Waals surface area contributed by atoms with Gasteiger partial charge >= 0.3 is 0 Å². The third-order valence-corrected chi connectivity index (χ3v) is 17.1. The maximum Gasteiger partial charge on any atom is 0.157 e. The first kappa shape index (κ1) is 73.7. The zero-order valence-corrected chi connectivity index (χ0v) is 64.2. The van der Waals surface area contributed by atoms with E-state index in [0.717, 1.165) is 84.2 Å². The Labute approximate surface area is 636 Å². The molecule has 494 valence electrons. The van der Waals surface area contributed by atoms with E-state index in [2.05, 4.69) is 227 Å². The Bertz CT molecular complexity index is 4750. The molecule has 16 aromatic rings. The van der Waals surface area contributed by atoms with Crippen molar-refractivity contribution in [3.8, 4) is 134 Å². The molecule has 0 aliphatic heterocycles. The molecule has 0 spiro atoms. The summed E-state index contributed by atoms with van der Waals surface area (Å²) in [7, 11) is 1.98. The molecule has 0 unspecified atom stereocenters. The molecule has 0 fully saturated rings. The number of hydrogen-bond donors (Lipinski definition) is 0. The monoisotopic (exact) mass is 2010 g/mol. The van der Waals surface area contributed by atoms with Crippen molar-refractivity contribution in [1.29, 1.82) is 0 Å². The molecule has 0 amide bonds. The van der Waals surface area contributed by atoms with Crippen LogP contribution in [-0.2, 0) is 87.5 Å². The van der Waals surface area contributed by atoms with E-state index in [1.54, 1.807) is 11.3 Å². The quantitative estimate of drug-likeness (QED) is 0.112. The molecule has 16 rings (SSSR count). The van der Waals surface area contributed by atoms with Gasteiger partial charge in [0.1, 0.15) is 11.7 Å². The molecule has 4 aromatic heterocycles. The van der Waals surface area contributed by atoms with Crippen LogP contribution in [0.5, 0.6) is 0 Å². The summed E-state index contributed by atoms with van der Waals surface area (Å²) < 4.78 is 13.5. The number of aryl methyl sites for hydroxylation is 2. The van der Waals surface area contributed by atoms with Gasteiger partial charge in [-0.15, -0.1) is 148 Å². The number of thiazole rings is 1. The number of oxazole rings is 1. The van der Waals surface area contributed by atoms with Crippen LogP contribution in [0.25, 0.3) is 134 Å². The molecule has 0 saturated carbocycles. The number of benzene rings is 12. The van der Waals surface area contributed by atoms with Gasteiger partial charge in [0.05, 0.1) is 11.5 Å². The van der Waals surface area contributed by atoms with Crippen molar-refractivity contribution in [2.75, 3.05) is 0 Å². The standard InChI is InChI=1S/C22H16NO.C22H16NS.C21H16N3.C21H14NO.4Ir/c2*1-16-21(24-22(23-16)20-10-6-3-7-11-20)19-14-12-18(13-15-19)17-8-4-2-5-9-17;1-24-20(18-10-6-3-7-11-18)22-23-21(24)19-14-12-17(13-15-19)16-8-4-2-5-9-16;1-3-7-16(8-4-1)17-11-13-19(14-12-17)21-15-20(22-23-21)18-9-5-2-6-10-18;;;;/h3*2-10,12-15H,1H3;1-9,11-15H;;;;/q4*-1;;;;. The van der Waals surface area contributed by atoms with E-state index >= 15 is 0 Å². The molecule has 0 N–H and O–H groups in total. The molecule has 4 heterocycles. The summed E-state index contributed by atoms with van der Waals surface area (Å²) in [6.45, 7) is 4.04. The molecular weight excluding hydrogens is 1950 g/mol. The van der Waals surface area contributed by atoms with Gasteiger partial charge in [0, 0.05) is 125 Å². The Hall–Kier alpha value is -9.57. The molecular formula is C86H62Ir4N6O2S-4. The van der Waals surface area contributed by atoms with Crippen LogP contribution in [-0.4, -0.2) is 29.9 Å². The predicted molar refractivity (Wildman–Crippen MR) is 386 cm³/mol. The van der Waals surface area contributed by atoms with Crippen LogP contribution in [0, 0.1) is 38.1 Å². The van der Waals surface area contributed by atoms with E-state index in [9.17, 15) is 0 Å². The maximum absolute atomic E-state index is 5.99. The Morgan fingerprint density at radius 1 is 0.333 bits per heavy atom. The zero-order chi connectivity index (χ0) is 64.6. The van der Waals surface area contributed by atoms with Crippen LogP contribution in [0.15, 0.2) is 330 Å². The number of rotatable bonds is 12. The van der Waals surface area contributed by atoms with Gasteiger partial charge in [0.25, 0.3) is 0 Å². The molecule has 4 radical (unpaired) electrons. The van der Waals surface area contributed by atoms with Crippen LogP contribution < -0.4 is 0 Å². The third kappa shape index (κ3) is 18.6. The number of nitrogens with zero attached hydrogens (tertiary/aromatic N) is 6. The molecule has 0 bridgehead atoms. The second-order valence-electron chi connectivity index (χ2n) is 22.2. The van der Waals surface area contributed by atoms with E-state index in [1.165, 1.54) is 54.9 Å². The van der Waals surface area contributed by atoms with Crippen molar-refractivity contribution in [3.05, 3.63) is 357 Å². The Morgan fingerprint density at radius 3 is 1.14 bits per heavy atom. The molecule has 8 nitrogen and oxygen atoms in total. The van der Waals surface area contributed by atoms with Crippen LogP contribution in [0.2, 0.25) is 0 Å². The van der Waals surface area contributed by atoms with Crippen LogP contribution in [0.3, 0.4) is 0 Å². The maximum atomic E-state index is 5.99. The van der Waals surface area contributed by atoms with Gasteiger partial charge in [-0.1, -0.05) is 224 Å². The summed E-state index contributed by atoms with van der Waals surface area (Å²) in [4.78, 5) is 10.5. The van der Waals surface area contributed by atoms with Crippen LogP contribution in [0.4, 0.5) is 0 Å². The molecule has 13 heteroatoms. The van der Waals surface area contributed by atoms with Gasteiger partial charge in [-0.3, -0.25) is 9.97 Å². The van der Waals surface area contributed by atoms with Crippen molar-refractivity contribution >= 4 is 11.3 Å². The van der Waals surface area contributed by atoms with E-state index in [-0.39, 0.29) is 80.4 Å². The summed E-state index contributed by atoms with van der Waals surface area (Å²) in [5.74, 6) is 3.84. The zero-order valence-electron chi connectivity index (χ0n) is 53.8. The molecule has 99 heavy (non-hydrogen) atoms. The smallest absolute Gasteiger partial charge is 0.157 e. The normalized spacial score (nSPS) is 10.3. The van der Waals surface area contributed by atoms with E-state index in [1.807, 2.05) is 164 Å². The van der Waals surface area contributed by atoms with Gasteiger partial charge in [-0.05, 0) is 70.0 Å². The predicted octanol–water partition coefficient (Wildman–Crippen LogP) is 22.1. The fraction of sp³-hybridized carbons (Fsp3) is 0.0349. The van der Waals surface area contributed by atoms with Gasteiger partial charge in [0.2, 0.25) is 0 Å². The minimum Gasteiger partial charge on any atom is -0.481 e. The molecule has 0 aliphatic rings. The fourth-order valence-electron chi connectivity index (χ4n) is 10.8. The van der Waals surface area contributed by atoms with Crippen molar-refractivity contribution in [2.24, 2.45) is 7.05 Å².